The number of aliphatic hydroxyl groups is 1. The molecule has 0 radical (unpaired) electrons. The van der Waals surface area contributed by atoms with Gasteiger partial charge in [0, 0.05) is 30.1 Å². The highest BCUT2D eigenvalue weighted by atomic mass is 16.6. The number of rotatable bonds is 5. The van der Waals surface area contributed by atoms with Crippen LogP contribution in [0.5, 0.6) is 5.75 Å². The summed E-state index contributed by atoms with van der Waals surface area (Å²) >= 11 is 0. The molecule has 0 aliphatic carbocycles. The fourth-order valence-electron chi connectivity index (χ4n) is 3.45. The molecule has 4 rings (SSSR count). The van der Waals surface area contributed by atoms with Crippen molar-refractivity contribution >= 4 is 29.1 Å². The van der Waals surface area contributed by atoms with Gasteiger partial charge in [-0.2, -0.15) is 0 Å². The van der Waals surface area contributed by atoms with E-state index in [2.05, 4.69) is 9.97 Å². The molecule has 0 bridgehead atoms. The Morgan fingerprint density at radius 3 is 2.25 bits per heavy atom. The van der Waals surface area contributed by atoms with Gasteiger partial charge >= 0.3 is 5.91 Å². The van der Waals surface area contributed by atoms with Gasteiger partial charge in [-0.1, -0.05) is 0 Å². The van der Waals surface area contributed by atoms with Crippen molar-refractivity contribution in [2.75, 3.05) is 12.0 Å². The van der Waals surface area contributed by atoms with Crippen LogP contribution in [0.1, 0.15) is 17.2 Å². The van der Waals surface area contributed by atoms with Crippen LogP contribution < -0.4 is 9.64 Å². The molecule has 1 aromatic heterocycles. The summed E-state index contributed by atoms with van der Waals surface area (Å²) in [6, 6.07) is 12.1. The Balaban J connectivity index is 1.90. The van der Waals surface area contributed by atoms with Gasteiger partial charge in [0.15, 0.2) is 0 Å². The Labute approximate surface area is 181 Å². The highest BCUT2D eigenvalue weighted by Gasteiger charge is 2.48. The smallest absolute Gasteiger partial charge is 0.302 e. The number of methoxy groups -OCH3 is 1. The van der Waals surface area contributed by atoms with Gasteiger partial charge in [-0.05, 0) is 48.0 Å². The number of hydrogen-bond acceptors (Lipinski definition) is 8. The molecule has 1 N–H and O–H groups in total. The van der Waals surface area contributed by atoms with Crippen LogP contribution in [0.2, 0.25) is 0 Å². The minimum absolute atomic E-state index is 0.0354. The van der Waals surface area contributed by atoms with E-state index in [1.807, 2.05) is 0 Å². The van der Waals surface area contributed by atoms with Gasteiger partial charge < -0.3 is 9.84 Å². The number of carbonyl (C=O) groups excluding carboxylic acids is 2. The third-order valence-corrected chi connectivity index (χ3v) is 5.00. The third kappa shape index (κ3) is 3.54. The third-order valence-electron chi connectivity index (χ3n) is 5.00. The number of ether oxygens (including phenoxy) is 1. The fraction of sp³-hybridized carbons (Fsp3) is 0.0909. The monoisotopic (exact) mass is 432 g/mol. The highest BCUT2D eigenvalue weighted by Crippen LogP contribution is 2.41. The summed E-state index contributed by atoms with van der Waals surface area (Å²) in [5.74, 6) is -1.73. The molecular formula is C22H16N4O6. The van der Waals surface area contributed by atoms with Crippen LogP contribution in [0.4, 0.5) is 11.6 Å². The van der Waals surface area contributed by atoms with Crippen molar-refractivity contribution in [1.82, 2.24) is 9.97 Å². The van der Waals surface area contributed by atoms with Gasteiger partial charge in [-0.3, -0.25) is 24.6 Å². The number of anilines is 1. The standard InChI is InChI=1S/C22H16N4O6/c1-32-16-9-5-14(6-10-16)19(27)17-18(13-3-7-15(8-4-13)26(30)31)25(21(29)20(17)28)22-23-11-2-12-24-22/h2-12,18,27H,1H3/b19-17-. The number of aromatic nitrogens is 2. The highest BCUT2D eigenvalue weighted by molar-refractivity contribution is 6.51. The summed E-state index contributed by atoms with van der Waals surface area (Å²) in [5, 5.41) is 22.0. The van der Waals surface area contributed by atoms with Crippen molar-refractivity contribution in [2.24, 2.45) is 0 Å². The first kappa shape index (κ1) is 20.7. The first-order valence-electron chi connectivity index (χ1n) is 9.39. The van der Waals surface area contributed by atoms with E-state index in [9.17, 15) is 24.8 Å². The first-order valence-corrected chi connectivity index (χ1v) is 9.39. The molecule has 0 saturated carbocycles. The predicted molar refractivity (Wildman–Crippen MR) is 113 cm³/mol. The molecule has 1 saturated heterocycles. The van der Waals surface area contributed by atoms with Gasteiger partial charge in [0.1, 0.15) is 11.5 Å². The van der Waals surface area contributed by atoms with Crippen LogP contribution in [0, 0.1) is 10.1 Å². The zero-order valence-electron chi connectivity index (χ0n) is 16.7. The number of benzene rings is 2. The number of ketones is 1. The Morgan fingerprint density at radius 2 is 1.69 bits per heavy atom. The SMILES string of the molecule is COc1ccc(/C(O)=C2/C(=O)C(=O)N(c3ncccn3)C2c2ccc([N+](=O)[O-])cc2)cc1. The number of amides is 1. The molecule has 10 nitrogen and oxygen atoms in total. The molecular weight excluding hydrogens is 416 g/mol. The minimum Gasteiger partial charge on any atom is -0.507 e. The molecule has 2 heterocycles. The summed E-state index contributed by atoms with van der Waals surface area (Å²) in [6.07, 6.45) is 2.83. The van der Waals surface area contributed by atoms with E-state index < -0.39 is 28.4 Å². The zero-order valence-corrected chi connectivity index (χ0v) is 16.7. The summed E-state index contributed by atoms with van der Waals surface area (Å²) in [6.45, 7) is 0. The molecule has 3 aromatic rings. The summed E-state index contributed by atoms with van der Waals surface area (Å²) < 4.78 is 5.11. The Kier molecular flexibility index (Phi) is 5.34. The van der Waals surface area contributed by atoms with Crippen LogP contribution in [0.15, 0.2) is 72.6 Å². The lowest BCUT2D eigenvalue weighted by Gasteiger charge is -2.23. The quantitative estimate of drug-likeness (QED) is 0.214. The minimum atomic E-state index is -1.08. The lowest BCUT2D eigenvalue weighted by Crippen LogP contribution is -2.31. The normalized spacial score (nSPS) is 17.4. The van der Waals surface area contributed by atoms with Gasteiger partial charge in [0.05, 0.1) is 23.6 Å². The summed E-state index contributed by atoms with van der Waals surface area (Å²) in [7, 11) is 1.49. The number of carbonyl (C=O) groups is 2. The number of nitrogens with zero attached hydrogens (tertiary/aromatic N) is 4. The lowest BCUT2D eigenvalue weighted by molar-refractivity contribution is -0.384. The van der Waals surface area contributed by atoms with Crippen molar-refractivity contribution in [1.29, 1.82) is 0 Å². The second-order valence-corrected chi connectivity index (χ2v) is 6.80. The van der Waals surface area contributed by atoms with Crippen molar-refractivity contribution in [2.45, 2.75) is 6.04 Å². The van der Waals surface area contributed by atoms with Gasteiger partial charge in [-0.25, -0.2) is 9.97 Å². The average molecular weight is 432 g/mol. The number of aliphatic hydroxyl groups excluding tert-OH is 1. The molecule has 1 amide bonds. The maximum absolute atomic E-state index is 13.0. The number of hydrogen-bond donors (Lipinski definition) is 1. The molecule has 2 aromatic carbocycles. The molecule has 10 heteroatoms. The van der Waals surface area contributed by atoms with E-state index in [0.29, 0.717) is 16.9 Å². The van der Waals surface area contributed by atoms with Crippen molar-refractivity contribution in [3.8, 4) is 5.75 Å². The molecule has 32 heavy (non-hydrogen) atoms. The number of nitro groups is 1. The van der Waals surface area contributed by atoms with E-state index in [0.717, 1.165) is 4.90 Å². The predicted octanol–water partition coefficient (Wildman–Crippen LogP) is 3.02. The Hall–Kier alpha value is -4.60. The molecule has 1 aliphatic rings. The molecule has 1 fully saturated rings. The number of Topliss-reactive ketones (excluding diaryl/α,β-unsaturated/α-hetero) is 1. The largest absolute Gasteiger partial charge is 0.507 e. The van der Waals surface area contributed by atoms with Gasteiger partial charge in [-0.15, -0.1) is 0 Å². The second-order valence-electron chi connectivity index (χ2n) is 6.80. The second kappa shape index (κ2) is 8.26. The Morgan fingerprint density at radius 1 is 1.06 bits per heavy atom. The van der Waals surface area contributed by atoms with Crippen LogP contribution in [0.25, 0.3) is 5.76 Å². The van der Waals surface area contributed by atoms with Crippen LogP contribution in [0.3, 0.4) is 0 Å². The molecule has 160 valence electrons. The average Bonchev–Trinajstić information content (AvgIpc) is 3.09. The summed E-state index contributed by atoms with van der Waals surface area (Å²) in [5.41, 5.74) is 0.334. The fourth-order valence-corrected chi connectivity index (χ4v) is 3.45. The van der Waals surface area contributed by atoms with Crippen LogP contribution in [-0.2, 0) is 9.59 Å². The molecule has 0 spiro atoms. The molecule has 1 unspecified atom stereocenters. The Bertz CT molecular complexity index is 1220. The van der Waals surface area contributed by atoms with Gasteiger partial charge in [0.2, 0.25) is 5.95 Å². The van der Waals surface area contributed by atoms with Gasteiger partial charge in [0.25, 0.3) is 11.5 Å². The number of nitro benzene ring substituents is 1. The molecule has 1 atom stereocenters. The van der Waals surface area contributed by atoms with Crippen molar-refractivity contribution in [3.63, 3.8) is 0 Å². The summed E-state index contributed by atoms with van der Waals surface area (Å²) in [4.78, 5) is 45.6. The maximum atomic E-state index is 13.0. The van der Waals surface area contributed by atoms with E-state index in [-0.39, 0.29) is 17.2 Å². The molecule has 1 aliphatic heterocycles. The van der Waals surface area contributed by atoms with E-state index in [1.165, 1.54) is 43.8 Å². The van der Waals surface area contributed by atoms with E-state index in [1.54, 1.807) is 30.3 Å². The number of non-ortho nitro benzene ring substituents is 1. The topological polar surface area (TPSA) is 136 Å². The van der Waals surface area contributed by atoms with Crippen LogP contribution in [-0.4, -0.2) is 38.8 Å². The zero-order chi connectivity index (χ0) is 22.8. The van der Waals surface area contributed by atoms with E-state index >= 15 is 0 Å². The van der Waals surface area contributed by atoms with Crippen molar-refractivity contribution < 1.29 is 24.4 Å². The van der Waals surface area contributed by atoms with Crippen molar-refractivity contribution in [3.05, 3.63) is 93.8 Å². The van der Waals surface area contributed by atoms with E-state index in [4.69, 9.17) is 4.74 Å². The van der Waals surface area contributed by atoms with Crippen LogP contribution >= 0.6 is 0 Å². The maximum Gasteiger partial charge on any atom is 0.302 e. The first-order chi connectivity index (χ1) is 15.4. The lowest BCUT2D eigenvalue weighted by atomic mass is 9.95.